The van der Waals surface area contributed by atoms with Gasteiger partial charge in [0.05, 0.1) is 17.7 Å². The minimum Gasteiger partial charge on any atom is -0.493 e. The summed E-state index contributed by atoms with van der Waals surface area (Å²) in [5.41, 5.74) is 2.36. The molecule has 1 saturated heterocycles. The highest BCUT2D eigenvalue weighted by atomic mass is 32.2. The molecule has 0 aromatic heterocycles. The molecule has 3 aromatic rings. The molecule has 3 aromatic carbocycles. The fraction of sp³-hybridized carbons (Fsp3) is 0.0833. The Morgan fingerprint density at radius 3 is 2.30 bits per heavy atom. The first-order chi connectivity index (χ1) is 14.7. The second-order valence-electron chi connectivity index (χ2n) is 6.54. The standard InChI is InChI=1S/C24H19NO4S/c1-28-21-14-18(12-13-20(21)29-16-17-8-4-2-5-9-17)15-22-23(26)25(24(27)30-22)19-10-6-3-7-11-19/h2-15H,16H2,1H3. The first-order valence-corrected chi connectivity index (χ1v) is 10.1. The zero-order valence-electron chi connectivity index (χ0n) is 16.3. The lowest BCUT2D eigenvalue weighted by atomic mass is 10.1. The van der Waals surface area contributed by atoms with Gasteiger partial charge in [-0.2, -0.15) is 0 Å². The molecule has 0 spiro atoms. The molecule has 6 heteroatoms. The molecule has 0 N–H and O–H groups in total. The summed E-state index contributed by atoms with van der Waals surface area (Å²) in [6.07, 6.45) is 1.69. The molecule has 2 amide bonds. The average molecular weight is 417 g/mol. The van der Waals surface area contributed by atoms with E-state index in [4.69, 9.17) is 9.47 Å². The molecule has 0 bridgehead atoms. The summed E-state index contributed by atoms with van der Waals surface area (Å²) in [4.78, 5) is 26.7. The maximum Gasteiger partial charge on any atom is 0.298 e. The maximum atomic E-state index is 12.8. The van der Waals surface area contributed by atoms with Crippen molar-refractivity contribution in [2.45, 2.75) is 6.61 Å². The topological polar surface area (TPSA) is 55.8 Å². The number of hydrogen-bond donors (Lipinski definition) is 0. The molecule has 1 heterocycles. The van der Waals surface area contributed by atoms with Gasteiger partial charge in [0.25, 0.3) is 11.1 Å². The van der Waals surface area contributed by atoms with E-state index >= 15 is 0 Å². The van der Waals surface area contributed by atoms with E-state index in [2.05, 4.69) is 0 Å². The molecule has 1 fully saturated rings. The first-order valence-electron chi connectivity index (χ1n) is 9.33. The third-order valence-electron chi connectivity index (χ3n) is 4.53. The molecule has 30 heavy (non-hydrogen) atoms. The highest BCUT2D eigenvalue weighted by Crippen LogP contribution is 2.37. The van der Waals surface area contributed by atoms with Crippen LogP contribution in [0.1, 0.15) is 11.1 Å². The van der Waals surface area contributed by atoms with Gasteiger partial charge in [-0.1, -0.05) is 54.6 Å². The van der Waals surface area contributed by atoms with Crippen molar-refractivity contribution >= 4 is 34.7 Å². The Kier molecular flexibility index (Phi) is 5.86. The first kappa shape index (κ1) is 19.8. The van der Waals surface area contributed by atoms with E-state index in [1.165, 1.54) is 4.90 Å². The maximum absolute atomic E-state index is 12.8. The summed E-state index contributed by atoms with van der Waals surface area (Å²) in [6.45, 7) is 0.423. The van der Waals surface area contributed by atoms with Gasteiger partial charge in [0.1, 0.15) is 6.61 Å². The number of amides is 2. The van der Waals surface area contributed by atoms with E-state index in [0.29, 0.717) is 28.7 Å². The molecular weight excluding hydrogens is 398 g/mol. The number of carbonyl (C=O) groups excluding carboxylic acids is 2. The van der Waals surface area contributed by atoms with Gasteiger partial charge in [-0.3, -0.25) is 9.59 Å². The predicted octanol–water partition coefficient (Wildman–Crippen LogP) is 5.52. The quantitative estimate of drug-likeness (QED) is 0.495. The lowest BCUT2D eigenvalue weighted by Crippen LogP contribution is -2.27. The van der Waals surface area contributed by atoms with Crippen LogP contribution < -0.4 is 14.4 Å². The Morgan fingerprint density at radius 2 is 1.60 bits per heavy atom. The SMILES string of the molecule is COc1cc(C=C2SC(=O)N(c3ccccc3)C2=O)ccc1OCc1ccccc1. The molecule has 0 aliphatic carbocycles. The lowest BCUT2D eigenvalue weighted by molar-refractivity contribution is -0.113. The van der Waals surface area contributed by atoms with Gasteiger partial charge >= 0.3 is 0 Å². The van der Waals surface area contributed by atoms with Crippen LogP contribution in [0, 0.1) is 0 Å². The summed E-state index contributed by atoms with van der Waals surface area (Å²) in [5.74, 6) is 0.831. The molecule has 0 unspecified atom stereocenters. The Morgan fingerprint density at radius 1 is 0.900 bits per heavy atom. The average Bonchev–Trinajstić information content (AvgIpc) is 3.06. The van der Waals surface area contributed by atoms with Crippen molar-refractivity contribution in [1.29, 1.82) is 0 Å². The number of thioether (sulfide) groups is 1. The number of benzene rings is 3. The number of para-hydroxylation sites is 1. The summed E-state index contributed by atoms with van der Waals surface area (Å²) >= 11 is 0.923. The molecule has 0 saturated carbocycles. The second kappa shape index (κ2) is 8.88. The van der Waals surface area contributed by atoms with Crippen molar-refractivity contribution in [3.63, 3.8) is 0 Å². The van der Waals surface area contributed by atoms with Gasteiger partial charge in [-0.15, -0.1) is 0 Å². The van der Waals surface area contributed by atoms with Gasteiger partial charge in [-0.05, 0) is 53.2 Å². The minimum atomic E-state index is -0.334. The largest absolute Gasteiger partial charge is 0.493 e. The number of rotatable bonds is 6. The summed E-state index contributed by atoms with van der Waals surface area (Å²) < 4.78 is 11.3. The van der Waals surface area contributed by atoms with E-state index in [1.54, 1.807) is 49.6 Å². The molecule has 4 rings (SSSR count). The Bertz CT molecular complexity index is 1100. The number of methoxy groups -OCH3 is 1. The van der Waals surface area contributed by atoms with Crippen molar-refractivity contribution in [3.05, 3.63) is 94.9 Å². The molecule has 1 aliphatic rings. The lowest BCUT2D eigenvalue weighted by Gasteiger charge is -2.12. The van der Waals surface area contributed by atoms with Crippen LogP contribution in [0.4, 0.5) is 10.5 Å². The van der Waals surface area contributed by atoms with E-state index in [0.717, 1.165) is 22.9 Å². The van der Waals surface area contributed by atoms with Crippen LogP contribution >= 0.6 is 11.8 Å². The molecular formula is C24H19NO4S. The Labute approximate surface area is 178 Å². The molecule has 1 aliphatic heterocycles. The summed E-state index contributed by atoms with van der Waals surface area (Å²) in [5, 5.41) is -0.313. The fourth-order valence-corrected chi connectivity index (χ4v) is 3.89. The molecule has 5 nitrogen and oxygen atoms in total. The Hall–Kier alpha value is -3.51. The van der Waals surface area contributed by atoms with Crippen molar-refractivity contribution in [3.8, 4) is 11.5 Å². The van der Waals surface area contributed by atoms with Crippen molar-refractivity contribution in [2.75, 3.05) is 12.0 Å². The number of ether oxygens (including phenoxy) is 2. The van der Waals surface area contributed by atoms with Crippen LogP contribution in [0.5, 0.6) is 11.5 Å². The van der Waals surface area contributed by atoms with E-state index in [-0.39, 0.29) is 11.1 Å². The third kappa shape index (κ3) is 4.23. The van der Waals surface area contributed by atoms with Crippen LogP contribution in [0.25, 0.3) is 6.08 Å². The van der Waals surface area contributed by atoms with Gasteiger partial charge in [0.2, 0.25) is 0 Å². The smallest absolute Gasteiger partial charge is 0.298 e. The molecule has 0 atom stereocenters. The van der Waals surface area contributed by atoms with E-state index < -0.39 is 0 Å². The predicted molar refractivity (Wildman–Crippen MR) is 119 cm³/mol. The van der Waals surface area contributed by atoms with Crippen molar-refractivity contribution < 1.29 is 19.1 Å². The zero-order chi connectivity index (χ0) is 20.9. The normalized spacial score (nSPS) is 15.0. The summed E-state index contributed by atoms with van der Waals surface area (Å²) in [7, 11) is 1.57. The number of nitrogens with zero attached hydrogens (tertiary/aromatic N) is 1. The van der Waals surface area contributed by atoms with Crippen LogP contribution in [0.3, 0.4) is 0 Å². The molecule has 150 valence electrons. The van der Waals surface area contributed by atoms with Crippen LogP contribution in [0.15, 0.2) is 83.8 Å². The van der Waals surface area contributed by atoms with E-state index in [1.807, 2.05) is 42.5 Å². The van der Waals surface area contributed by atoms with Crippen LogP contribution in [-0.4, -0.2) is 18.3 Å². The minimum absolute atomic E-state index is 0.313. The van der Waals surface area contributed by atoms with Crippen LogP contribution in [-0.2, 0) is 11.4 Å². The van der Waals surface area contributed by atoms with Gasteiger partial charge in [0, 0.05) is 0 Å². The third-order valence-corrected chi connectivity index (χ3v) is 5.40. The van der Waals surface area contributed by atoms with Gasteiger partial charge in [0.15, 0.2) is 11.5 Å². The zero-order valence-corrected chi connectivity index (χ0v) is 17.1. The van der Waals surface area contributed by atoms with Crippen molar-refractivity contribution in [1.82, 2.24) is 0 Å². The fourth-order valence-electron chi connectivity index (χ4n) is 3.05. The number of imide groups is 1. The number of anilines is 1. The van der Waals surface area contributed by atoms with Crippen LogP contribution in [0.2, 0.25) is 0 Å². The highest BCUT2D eigenvalue weighted by molar-refractivity contribution is 8.19. The highest BCUT2D eigenvalue weighted by Gasteiger charge is 2.36. The second-order valence-corrected chi connectivity index (χ2v) is 7.53. The van der Waals surface area contributed by atoms with E-state index in [9.17, 15) is 9.59 Å². The van der Waals surface area contributed by atoms with Gasteiger partial charge < -0.3 is 9.47 Å². The number of hydrogen-bond acceptors (Lipinski definition) is 5. The monoisotopic (exact) mass is 417 g/mol. The van der Waals surface area contributed by atoms with Gasteiger partial charge in [-0.25, -0.2) is 4.90 Å². The van der Waals surface area contributed by atoms with Crippen molar-refractivity contribution in [2.24, 2.45) is 0 Å². The Balaban J connectivity index is 1.53. The number of carbonyl (C=O) groups is 2. The summed E-state index contributed by atoms with van der Waals surface area (Å²) in [6, 6.07) is 24.2. The molecule has 0 radical (unpaired) electrons.